The lowest BCUT2D eigenvalue weighted by Gasteiger charge is -2.30. The van der Waals surface area contributed by atoms with Crippen LogP contribution in [-0.4, -0.2) is 11.4 Å². The highest BCUT2D eigenvalue weighted by Gasteiger charge is 2.18. The van der Waals surface area contributed by atoms with Crippen molar-refractivity contribution in [2.75, 3.05) is 6.54 Å². The van der Waals surface area contributed by atoms with Gasteiger partial charge >= 0.3 is 0 Å². The van der Waals surface area contributed by atoms with Crippen LogP contribution in [0.5, 0.6) is 0 Å². The fourth-order valence-electron chi connectivity index (χ4n) is 3.37. The molecule has 2 aromatic rings. The number of unbranched alkanes of at least 4 members (excludes halogenated alkanes) is 3. The molecule has 0 unspecified atom stereocenters. The van der Waals surface area contributed by atoms with E-state index >= 15 is 0 Å². The van der Waals surface area contributed by atoms with E-state index in [-0.39, 0.29) is 5.57 Å². The fraction of sp³-hybridized carbons (Fsp3) is 0.231. The van der Waals surface area contributed by atoms with Crippen molar-refractivity contribution in [1.82, 2.24) is 4.90 Å². The SMILES string of the molecule is CCCCCCN1C(/C=C/c2ccc(Br)s2)=CC(=C(C#N)C#N)C=C1/C=C/c1ccc(Br)s1. The van der Waals surface area contributed by atoms with Crippen LogP contribution >= 0.6 is 54.5 Å². The smallest absolute Gasteiger partial charge is 0.137 e. The first kappa shape index (κ1) is 25.5. The molecule has 1 aliphatic rings. The number of nitriles is 2. The van der Waals surface area contributed by atoms with Crippen LogP contribution in [0.25, 0.3) is 12.2 Å². The highest BCUT2D eigenvalue weighted by atomic mass is 79.9. The van der Waals surface area contributed by atoms with Crippen molar-refractivity contribution in [3.63, 3.8) is 0 Å². The number of allylic oxidation sites excluding steroid dienone is 6. The summed E-state index contributed by atoms with van der Waals surface area (Å²) in [6.45, 7) is 3.08. The molecular formula is C26H23Br2N3S2. The zero-order valence-corrected chi connectivity index (χ0v) is 23.0. The predicted molar refractivity (Wildman–Crippen MR) is 147 cm³/mol. The Morgan fingerprint density at radius 1 is 0.848 bits per heavy atom. The average Bonchev–Trinajstić information content (AvgIpc) is 3.43. The first-order chi connectivity index (χ1) is 16.0. The van der Waals surface area contributed by atoms with Crippen LogP contribution < -0.4 is 0 Å². The molecule has 3 heterocycles. The topological polar surface area (TPSA) is 50.8 Å². The minimum Gasteiger partial charge on any atom is -0.341 e. The van der Waals surface area contributed by atoms with Crippen LogP contribution in [0.2, 0.25) is 0 Å². The summed E-state index contributed by atoms with van der Waals surface area (Å²) < 4.78 is 2.16. The van der Waals surface area contributed by atoms with E-state index < -0.39 is 0 Å². The molecule has 168 valence electrons. The van der Waals surface area contributed by atoms with Crippen molar-refractivity contribution in [3.05, 3.63) is 88.4 Å². The zero-order chi connectivity index (χ0) is 23.6. The summed E-state index contributed by atoms with van der Waals surface area (Å²) in [6.07, 6.45) is 16.8. The van der Waals surface area contributed by atoms with Crippen molar-refractivity contribution < 1.29 is 0 Å². The first-order valence-electron chi connectivity index (χ1n) is 10.7. The lowest BCUT2D eigenvalue weighted by atomic mass is 10.0. The summed E-state index contributed by atoms with van der Waals surface area (Å²) in [5, 5.41) is 19.0. The van der Waals surface area contributed by atoms with Gasteiger partial charge in [0.15, 0.2) is 0 Å². The number of hydrogen-bond acceptors (Lipinski definition) is 5. The normalized spacial score (nSPS) is 13.8. The van der Waals surface area contributed by atoms with Crippen molar-refractivity contribution in [3.8, 4) is 12.1 Å². The molecule has 0 fully saturated rings. The third-order valence-corrected chi connectivity index (χ3v) is 8.18. The first-order valence-corrected chi connectivity index (χ1v) is 13.9. The Labute approximate surface area is 220 Å². The molecule has 0 amide bonds. The molecule has 0 saturated heterocycles. The summed E-state index contributed by atoms with van der Waals surface area (Å²) in [5.41, 5.74) is 2.71. The van der Waals surface area contributed by atoms with Gasteiger partial charge in [-0.1, -0.05) is 26.2 Å². The molecule has 3 nitrogen and oxygen atoms in total. The summed E-state index contributed by atoms with van der Waals surface area (Å²) in [4.78, 5) is 4.55. The van der Waals surface area contributed by atoms with E-state index in [0.717, 1.165) is 41.7 Å². The van der Waals surface area contributed by atoms with E-state index in [4.69, 9.17) is 0 Å². The lowest BCUT2D eigenvalue weighted by Crippen LogP contribution is -2.24. The molecule has 0 N–H and O–H groups in total. The Bertz CT molecular complexity index is 1130. The molecule has 2 aromatic heterocycles. The molecule has 0 radical (unpaired) electrons. The molecule has 0 saturated carbocycles. The van der Waals surface area contributed by atoms with Crippen molar-refractivity contribution >= 4 is 66.7 Å². The fourth-order valence-corrected chi connectivity index (χ4v) is 6.02. The summed E-state index contributed by atoms with van der Waals surface area (Å²) in [7, 11) is 0. The monoisotopic (exact) mass is 599 g/mol. The molecule has 0 aromatic carbocycles. The second kappa shape index (κ2) is 12.9. The lowest BCUT2D eigenvalue weighted by molar-refractivity contribution is 0.425. The van der Waals surface area contributed by atoms with Gasteiger partial charge in [-0.25, -0.2) is 0 Å². The van der Waals surface area contributed by atoms with E-state index in [1.165, 1.54) is 19.3 Å². The second-order valence-corrected chi connectivity index (χ2v) is 12.3. The van der Waals surface area contributed by atoms with Crippen molar-refractivity contribution in [1.29, 1.82) is 10.5 Å². The molecule has 0 atom stereocenters. The van der Waals surface area contributed by atoms with Gasteiger partial charge < -0.3 is 4.90 Å². The van der Waals surface area contributed by atoms with Gasteiger partial charge in [-0.05, 0) is 99.0 Å². The highest BCUT2D eigenvalue weighted by molar-refractivity contribution is 9.11. The Hall–Kier alpha value is -2.16. The van der Waals surface area contributed by atoms with E-state index in [9.17, 15) is 10.5 Å². The highest BCUT2D eigenvalue weighted by Crippen LogP contribution is 2.31. The van der Waals surface area contributed by atoms with Gasteiger partial charge in [0.25, 0.3) is 0 Å². The molecule has 0 spiro atoms. The van der Waals surface area contributed by atoms with E-state index in [0.29, 0.717) is 5.57 Å². The van der Waals surface area contributed by atoms with E-state index in [2.05, 4.69) is 80.1 Å². The third-order valence-electron chi connectivity index (χ3n) is 5.00. The molecule has 1 aliphatic heterocycles. The minimum absolute atomic E-state index is 0.121. The van der Waals surface area contributed by atoms with Crippen molar-refractivity contribution in [2.24, 2.45) is 0 Å². The van der Waals surface area contributed by atoms with Gasteiger partial charge in [0.05, 0.1) is 7.57 Å². The van der Waals surface area contributed by atoms with E-state index in [1.807, 2.05) is 36.4 Å². The molecule has 0 aliphatic carbocycles. The quantitative estimate of drug-likeness (QED) is 0.213. The maximum absolute atomic E-state index is 9.49. The largest absolute Gasteiger partial charge is 0.341 e. The zero-order valence-electron chi connectivity index (χ0n) is 18.2. The average molecular weight is 601 g/mol. The summed E-state index contributed by atoms with van der Waals surface area (Å²) >= 11 is 10.4. The Kier molecular flexibility index (Phi) is 9.96. The maximum Gasteiger partial charge on any atom is 0.137 e. The molecule has 7 heteroatoms. The third kappa shape index (κ3) is 7.42. The van der Waals surface area contributed by atoms with Gasteiger partial charge in [-0.15, -0.1) is 22.7 Å². The Morgan fingerprint density at radius 2 is 1.39 bits per heavy atom. The van der Waals surface area contributed by atoms with Gasteiger partial charge in [-0.3, -0.25) is 0 Å². The predicted octanol–water partition coefficient (Wildman–Crippen LogP) is 9.07. The van der Waals surface area contributed by atoms with Gasteiger partial charge in [0, 0.05) is 33.3 Å². The van der Waals surface area contributed by atoms with Crippen LogP contribution in [0.3, 0.4) is 0 Å². The van der Waals surface area contributed by atoms with Crippen LogP contribution in [0, 0.1) is 22.7 Å². The molecule has 3 rings (SSSR count). The summed E-state index contributed by atoms with van der Waals surface area (Å²) in [6, 6.07) is 12.3. The standard InChI is InChI=1S/C26H23Br2N3S2/c1-2-3-4-5-14-31-21(6-8-23-10-12-25(27)32-23)15-19(20(17-29)18-30)16-22(31)7-9-24-11-13-26(28)33-24/h6-13,15-16H,2-5,14H2,1H3/b8-6+,9-7+. The summed E-state index contributed by atoms with van der Waals surface area (Å²) in [5.74, 6) is 0. The van der Waals surface area contributed by atoms with Crippen LogP contribution in [0.15, 0.2) is 78.7 Å². The van der Waals surface area contributed by atoms with Crippen LogP contribution in [-0.2, 0) is 0 Å². The van der Waals surface area contributed by atoms with Gasteiger partial charge in [0.1, 0.15) is 17.7 Å². The van der Waals surface area contributed by atoms with Gasteiger partial charge in [-0.2, -0.15) is 10.5 Å². The molecular weight excluding hydrogens is 578 g/mol. The van der Waals surface area contributed by atoms with Crippen molar-refractivity contribution in [2.45, 2.75) is 32.6 Å². The minimum atomic E-state index is 0.121. The number of nitrogens with zero attached hydrogens (tertiary/aromatic N) is 3. The van der Waals surface area contributed by atoms with E-state index in [1.54, 1.807) is 22.7 Å². The number of halogens is 2. The van der Waals surface area contributed by atoms with Crippen LogP contribution in [0.4, 0.5) is 0 Å². The van der Waals surface area contributed by atoms with Gasteiger partial charge in [0.2, 0.25) is 0 Å². The maximum atomic E-state index is 9.49. The molecule has 0 bridgehead atoms. The second-order valence-electron chi connectivity index (χ2n) is 7.36. The van der Waals surface area contributed by atoms with Crippen LogP contribution in [0.1, 0.15) is 42.4 Å². The number of rotatable bonds is 9. The molecule has 33 heavy (non-hydrogen) atoms. The Balaban J connectivity index is 2.00. The number of thiophene rings is 2. The number of hydrogen-bond donors (Lipinski definition) is 0. The Morgan fingerprint density at radius 3 is 1.82 bits per heavy atom.